The third-order valence-corrected chi connectivity index (χ3v) is 10.3. The smallest absolute Gasteiger partial charge is 0.356 e. The van der Waals surface area contributed by atoms with Crippen LogP contribution in [0.4, 0.5) is 36.2 Å². The zero-order valence-corrected chi connectivity index (χ0v) is 30.1. The molecule has 2 fully saturated rings. The average molecular weight is 753 g/mol. The Morgan fingerprint density at radius 2 is 1.53 bits per heavy atom. The average Bonchev–Trinajstić information content (AvgIpc) is 3.54. The fourth-order valence-electron chi connectivity index (χ4n) is 7.02. The second kappa shape index (κ2) is 15.8. The summed E-state index contributed by atoms with van der Waals surface area (Å²) in [5, 5.41) is 5.81. The monoisotopic (exact) mass is 752 g/mol. The lowest BCUT2D eigenvalue weighted by atomic mass is 9.96. The molecule has 4 N–H and O–H groups in total. The Morgan fingerprint density at radius 3 is 2.25 bits per heavy atom. The van der Waals surface area contributed by atoms with Gasteiger partial charge in [0.25, 0.3) is 11.8 Å². The molecular weight excluding hydrogens is 713 g/mol. The van der Waals surface area contributed by atoms with Crippen molar-refractivity contribution in [3.05, 3.63) is 102 Å². The van der Waals surface area contributed by atoms with E-state index < -0.39 is 34.7 Å². The molecule has 6 rings (SSSR count). The fourth-order valence-corrected chi connectivity index (χ4v) is 7.15. The number of carbonyl (C=O) groups excluding carboxylic acids is 2. The van der Waals surface area contributed by atoms with E-state index in [0.717, 1.165) is 50.9 Å². The molecule has 6 heterocycles. The predicted octanol–water partition coefficient (Wildman–Crippen LogP) is 6.80. The summed E-state index contributed by atoms with van der Waals surface area (Å²) in [6.07, 6.45) is 3.08. The number of nitrogens with zero attached hydrogens (tertiary/aromatic N) is 4. The molecule has 53 heavy (non-hydrogen) atoms. The number of aromatic nitrogens is 4. The van der Waals surface area contributed by atoms with Crippen LogP contribution >= 0.6 is 11.6 Å². The van der Waals surface area contributed by atoms with Gasteiger partial charge in [-0.2, -0.15) is 13.2 Å². The number of alkyl halides is 3. The number of aryl methyl sites for hydroxylation is 1. The van der Waals surface area contributed by atoms with E-state index in [1.807, 2.05) is 6.92 Å². The van der Waals surface area contributed by atoms with Crippen molar-refractivity contribution in [3.8, 4) is 0 Å². The summed E-state index contributed by atoms with van der Waals surface area (Å²) >= 11 is 6.58. The van der Waals surface area contributed by atoms with E-state index in [9.17, 15) is 32.3 Å². The van der Waals surface area contributed by atoms with Crippen LogP contribution < -0.4 is 31.6 Å². The highest BCUT2D eigenvalue weighted by Crippen LogP contribution is 2.35. The molecular formula is C37H40ClF3N8O4. The Balaban J connectivity index is 1.23. The summed E-state index contributed by atoms with van der Waals surface area (Å²) in [4.78, 5) is 70.0. The lowest BCUT2D eigenvalue weighted by Crippen LogP contribution is -2.29. The Morgan fingerprint density at radius 1 is 0.849 bits per heavy atom. The molecule has 0 spiro atoms. The molecule has 1 unspecified atom stereocenters. The first-order valence-corrected chi connectivity index (χ1v) is 18.0. The van der Waals surface area contributed by atoms with Crippen molar-refractivity contribution in [2.24, 2.45) is 0 Å². The molecule has 0 saturated carbocycles. The van der Waals surface area contributed by atoms with E-state index in [-0.39, 0.29) is 23.0 Å². The molecule has 2 aliphatic heterocycles. The van der Waals surface area contributed by atoms with Gasteiger partial charge < -0.3 is 30.4 Å². The number of amides is 2. The van der Waals surface area contributed by atoms with Gasteiger partial charge in [-0.15, -0.1) is 0 Å². The first-order chi connectivity index (χ1) is 25.3. The van der Waals surface area contributed by atoms with E-state index in [1.165, 1.54) is 18.3 Å². The standard InChI is InChI=1S/C37H40ClF3N8O4/c1-21-31(34(44-22(2)32(21)38)48-12-5-3-4-6-13-48)36(53)46-26-17-28(47-30(51)19-26)23-8-7-14-49(15-10-23)33-27(16-24(20-43-33)37(39,40)41)35(52)45-25-9-11-42-29(50)18-25/h9,11,16-20,23H,3-8,10,12-15H2,1-2H3,(H2,42,45,50,52)(H2,46,47,51,53). The predicted molar refractivity (Wildman–Crippen MR) is 197 cm³/mol. The molecule has 2 aliphatic rings. The number of carbonyl (C=O) groups is 2. The van der Waals surface area contributed by atoms with E-state index >= 15 is 0 Å². The number of hydrogen-bond acceptors (Lipinski definition) is 8. The van der Waals surface area contributed by atoms with Crippen molar-refractivity contribution in [2.45, 2.75) is 70.9 Å². The fraction of sp³-hybridized carbons (Fsp3) is 0.405. The minimum atomic E-state index is -4.74. The topological polar surface area (TPSA) is 156 Å². The zero-order valence-electron chi connectivity index (χ0n) is 29.3. The van der Waals surface area contributed by atoms with Gasteiger partial charge in [-0.25, -0.2) is 9.97 Å². The maximum Gasteiger partial charge on any atom is 0.417 e. The number of nitrogens with one attached hydrogen (secondary N) is 4. The third kappa shape index (κ3) is 8.73. The van der Waals surface area contributed by atoms with Gasteiger partial charge in [-0.05, 0) is 69.7 Å². The van der Waals surface area contributed by atoms with Crippen molar-refractivity contribution < 1.29 is 22.8 Å². The Kier molecular flexibility index (Phi) is 11.2. The first-order valence-electron chi connectivity index (χ1n) is 17.6. The summed E-state index contributed by atoms with van der Waals surface area (Å²) < 4.78 is 41.1. The van der Waals surface area contributed by atoms with Crippen LogP contribution in [0.2, 0.25) is 5.02 Å². The summed E-state index contributed by atoms with van der Waals surface area (Å²) in [6.45, 7) is 5.82. The molecule has 2 amide bonds. The summed E-state index contributed by atoms with van der Waals surface area (Å²) in [5.41, 5.74) is 0.321. The van der Waals surface area contributed by atoms with Gasteiger partial charge >= 0.3 is 6.18 Å². The van der Waals surface area contributed by atoms with Crippen molar-refractivity contribution in [2.75, 3.05) is 46.6 Å². The van der Waals surface area contributed by atoms with Gasteiger partial charge in [0.1, 0.15) is 11.6 Å². The van der Waals surface area contributed by atoms with Crippen LogP contribution in [-0.4, -0.2) is 57.9 Å². The Hall–Kier alpha value is -5.18. The highest BCUT2D eigenvalue weighted by atomic mass is 35.5. The molecule has 0 bridgehead atoms. The highest BCUT2D eigenvalue weighted by molar-refractivity contribution is 6.32. The normalized spacial score (nSPS) is 16.8. The van der Waals surface area contributed by atoms with Crippen molar-refractivity contribution in [3.63, 3.8) is 0 Å². The van der Waals surface area contributed by atoms with Gasteiger partial charge in [0.2, 0.25) is 11.1 Å². The Bertz CT molecular complexity index is 2130. The molecule has 4 aromatic heterocycles. The molecule has 0 aliphatic carbocycles. The summed E-state index contributed by atoms with van der Waals surface area (Å²) in [5.74, 6) is -0.829. The molecule has 0 aromatic carbocycles. The SMILES string of the molecule is Cc1nc(N2CCCCCC2)c(C(=O)Nc2cc(C3CCCN(c4ncc(C(F)(F)F)cc4C(=O)Nc4cc[nH]c(=O)c4)CC3)[nH]c(=O)c2)c(C)c1Cl. The minimum Gasteiger partial charge on any atom is -0.356 e. The van der Waals surface area contributed by atoms with Crippen molar-refractivity contribution >= 4 is 46.4 Å². The van der Waals surface area contributed by atoms with Gasteiger partial charge in [0, 0.05) is 73.7 Å². The van der Waals surface area contributed by atoms with E-state index in [0.29, 0.717) is 77.6 Å². The number of hydrogen-bond donors (Lipinski definition) is 4. The third-order valence-electron chi connectivity index (χ3n) is 9.71. The number of rotatable bonds is 7. The zero-order chi connectivity index (χ0) is 37.9. The maximum absolute atomic E-state index is 13.9. The van der Waals surface area contributed by atoms with Gasteiger partial charge in [-0.1, -0.05) is 24.4 Å². The van der Waals surface area contributed by atoms with Gasteiger partial charge in [-0.3, -0.25) is 19.2 Å². The van der Waals surface area contributed by atoms with Crippen LogP contribution in [0.25, 0.3) is 0 Å². The second-order valence-electron chi connectivity index (χ2n) is 13.5. The minimum absolute atomic E-state index is 0.0662. The van der Waals surface area contributed by atoms with Crippen LogP contribution in [0.5, 0.6) is 0 Å². The number of halogens is 4. The molecule has 280 valence electrons. The van der Waals surface area contributed by atoms with E-state index in [2.05, 4.69) is 30.5 Å². The van der Waals surface area contributed by atoms with E-state index in [1.54, 1.807) is 17.9 Å². The molecule has 4 aromatic rings. The van der Waals surface area contributed by atoms with Gasteiger partial charge in [0.05, 0.1) is 27.4 Å². The lowest BCUT2D eigenvalue weighted by molar-refractivity contribution is -0.137. The van der Waals surface area contributed by atoms with E-state index in [4.69, 9.17) is 16.6 Å². The molecule has 12 nitrogen and oxygen atoms in total. The molecule has 1 atom stereocenters. The number of aromatic amines is 2. The quantitative estimate of drug-likeness (QED) is 0.161. The largest absolute Gasteiger partial charge is 0.417 e. The van der Waals surface area contributed by atoms with Crippen LogP contribution in [0.15, 0.2) is 52.3 Å². The van der Waals surface area contributed by atoms with Crippen molar-refractivity contribution in [1.82, 2.24) is 19.9 Å². The summed E-state index contributed by atoms with van der Waals surface area (Å²) in [6, 6.07) is 6.33. The van der Waals surface area contributed by atoms with Crippen LogP contribution in [0, 0.1) is 13.8 Å². The second-order valence-corrected chi connectivity index (χ2v) is 13.9. The number of H-pyrrole nitrogens is 2. The molecule has 0 radical (unpaired) electrons. The van der Waals surface area contributed by atoms with Crippen LogP contribution in [0.1, 0.15) is 94.1 Å². The number of anilines is 4. The molecule has 16 heteroatoms. The van der Waals surface area contributed by atoms with Crippen LogP contribution in [0.3, 0.4) is 0 Å². The lowest BCUT2D eigenvalue weighted by Gasteiger charge is -2.26. The van der Waals surface area contributed by atoms with Crippen LogP contribution in [-0.2, 0) is 6.18 Å². The summed E-state index contributed by atoms with van der Waals surface area (Å²) in [7, 11) is 0. The molecule has 2 saturated heterocycles. The number of pyridine rings is 4. The Labute approximate surface area is 308 Å². The van der Waals surface area contributed by atoms with Gasteiger partial charge in [0.15, 0.2) is 0 Å². The van der Waals surface area contributed by atoms with Crippen molar-refractivity contribution in [1.29, 1.82) is 0 Å². The first kappa shape index (κ1) is 37.6. The highest BCUT2D eigenvalue weighted by Gasteiger charge is 2.34. The maximum atomic E-state index is 13.9.